The van der Waals surface area contributed by atoms with Gasteiger partial charge in [-0.3, -0.25) is 0 Å². The molecule has 3 heteroatoms. The predicted octanol–water partition coefficient (Wildman–Crippen LogP) is 11.4. The number of benzene rings is 4. The van der Waals surface area contributed by atoms with Crippen molar-refractivity contribution >= 4 is 21.8 Å². The first-order valence-corrected chi connectivity index (χ1v) is 16.0. The number of pyridine rings is 2. The Morgan fingerprint density at radius 1 is 0.489 bits per heavy atom. The van der Waals surface area contributed by atoms with Gasteiger partial charge in [-0.15, -0.1) is 0 Å². The SMILES string of the molecule is Cc1cccc(-c2nc3ccccc3cc2CC(C)C)c1C.Cc1cccc(-c2nc3ccccc3cc2CC(C)C)c1C.[Ir]. The molecule has 2 aromatic heterocycles. The van der Waals surface area contributed by atoms with Crippen molar-refractivity contribution in [3.63, 3.8) is 0 Å². The molecule has 0 unspecified atom stereocenters. The van der Waals surface area contributed by atoms with Crippen LogP contribution in [0.25, 0.3) is 44.3 Å². The van der Waals surface area contributed by atoms with Crippen molar-refractivity contribution in [2.75, 3.05) is 0 Å². The summed E-state index contributed by atoms with van der Waals surface area (Å²) in [6, 6.07) is 34.4. The van der Waals surface area contributed by atoms with E-state index in [1.165, 1.54) is 55.3 Å². The Labute approximate surface area is 283 Å². The Bertz CT molecular complexity index is 1780. The smallest absolute Gasteiger partial charge is 0.0744 e. The summed E-state index contributed by atoms with van der Waals surface area (Å²) in [4.78, 5) is 10.0. The molecule has 0 saturated heterocycles. The zero-order valence-corrected chi connectivity index (χ0v) is 30.4. The topological polar surface area (TPSA) is 25.8 Å². The molecule has 0 atom stereocenters. The maximum atomic E-state index is 5.00. The number of aryl methyl sites for hydroxylation is 2. The quantitative estimate of drug-likeness (QED) is 0.169. The molecule has 0 fully saturated rings. The molecule has 6 aromatic rings. The van der Waals surface area contributed by atoms with Crippen molar-refractivity contribution in [2.45, 2.75) is 68.2 Å². The van der Waals surface area contributed by atoms with Crippen LogP contribution in [0.5, 0.6) is 0 Å². The van der Waals surface area contributed by atoms with Crippen LogP contribution in [0.2, 0.25) is 0 Å². The summed E-state index contributed by atoms with van der Waals surface area (Å²) in [5, 5.41) is 2.46. The van der Waals surface area contributed by atoms with Crippen LogP contribution in [-0.2, 0) is 32.9 Å². The number of aromatic nitrogens is 2. The van der Waals surface area contributed by atoms with E-state index < -0.39 is 0 Å². The van der Waals surface area contributed by atoms with Crippen molar-refractivity contribution in [3.8, 4) is 22.5 Å². The van der Waals surface area contributed by atoms with Gasteiger partial charge in [0.25, 0.3) is 0 Å². The molecule has 45 heavy (non-hydrogen) atoms. The third kappa shape index (κ3) is 7.96. The van der Waals surface area contributed by atoms with Gasteiger partial charge in [-0.05, 0) is 110 Å². The van der Waals surface area contributed by atoms with Gasteiger partial charge in [-0.1, -0.05) is 100 Å². The Morgan fingerprint density at radius 3 is 1.24 bits per heavy atom. The summed E-state index contributed by atoms with van der Waals surface area (Å²) in [7, 11) is 0. The van der Waals surface area contributed by atoms with Crippen molar-refractivity contribution in [1.29, 1.82) is 0 Å². The van der Waals surface area contributed by atoms with E-state index in [2.05, 4.69) is 152 Å². The second-order valence-corrected chi connectivity index (χ2v) is 13.1. The minimum atomic E-state index is 0. The molecule has 0 bridgehead atoms. The molecule has 1 radical (unpaired) electrons. The minimum absolute atomic E-state index is 0. The summed E-state index contributed by atoms with van der Waals surface area (Å²) >= 11 is 0. The van der Waals surface area contributed by atoms with Gasteiger partial charge >= 0.3 is 0 Å². The van der Waals surface area contributed by atoms with Gasteiger partial charge < -0.3 is 0 Å². The number of hydrogen-bond acceptors (Lipinski definition) is 2. The van der Waals surface area contributed by atoms with Crippen LogP contribution >= 0.6 is 0 Å². The third-order valence-corrected chi connectivity index (χ3v) is 8.58. The first-order chi connectivity index (χ1) is 21.1. The van der Waals surface area contributed by atoms with Crippen LogP contribution < -0.4 is 0 Å². The van der Waals surface area contributed by atoms with Crippen molar-refractivity contribution in [3.05, 3.63) is 130 Å². The third-order valence-electron chi connectivity index (χ3n) is 8.58. The molecular formula is C42H46IrN2. The molecule has 2 heterocycles. The van der Waals surface area contributed by atoms with E-state index >= 15 is 0 Å². The minimum Gasteiger partial charge on any atom is -0.247 e. The number of hydrogen-bond donors (Lipinski definition) is 0. The van der Waals surface area contributed by atoms with E-state index in [4.69, 9.17) is 9.97 Å². The van der Waals surface area contributed by atoms with Crippen LogP contribution in [-0.4, -0.2) is 9.97 Å². The fourth-order valence-corrected chi connectivity index (χ4v) is 5.99. The van der Waals surface area contributed by atoms with E-state index in [0.29, 0.717) is 11.8 Å². The zero-order valence-electron chi connectivity index (χ0n) is 28.0. The number of rotatable bonds is 6. The van der Waals surface area contributed by atoms with E-state index in [1.807, 2.05) is 0 Å². The van der Waals surface area contributed by atoms with Crippen LogP contribution in [0.4, 0.5) is 0 Å². The first-order valence-electron chi connectivity index (χ1n) is 16.0. The van der Waals surface area contributed by atoms with Crippen molar-refractivity contribution in [2.24, 2.45) is 11.8 Å². The molecule has 0 saturated carbocycles. The molecule has 6 rings (SSSR count). The first kappa shape index (κ1) is 34.2. The number of nitrogens with zero attached hydrogens (tertiary/aromatic N) is 2. The Kier molecular flexibility index (Phi) is 11.5. The molecule has 0 aliphatic carbocycles. The summed E-state index contributed by atoms with van der Waals surface area (Å²) in [6.07, 6.45) is 2.11. The monoisotopic (exact) mass is 771 g/mol. The Morgan fingerprint density at radius 2 is 0.867 bits per heavy atom. The van der Waals surface area contributed by atoms with Gasteiger partial charge in [0.2, 0.25) is 0 Å². The van der Waals surface area contributed by atoms with Crippen LogP contribution in [0, 0.1) is 39.5 Å². The molecule has 0 amide bonds. The Balaban J connectivity index is 0.000000200. The van der Waals surface area contributed by atoms with E-state index in [-0.39, 0.29) is 20.1 Å². The maximum Gasteiger partial charge on any atom is 0.0744 e. The average molecular weight is 771 g/mol. The van der Waals surface area contributed by atoms with Crippen LogP contribution in [0.3, 0.4) is 0 Å². The predicted molar refractivity (Wildman–Crippen MR) is 190 cm³/mol. The van der Waals surface area contributed by atoms with Gasteiger partial charge in [0, 0.05) is 42.0 Å². The average Bonchev–Trinajstić information content (AvgIpc) is 2.99. The second kappa shape index (κ2) is 15.1. The molecule has 0 spiro atoms. The van der Waals surface area contributed by atoms with Crippen LogP contribution in [0.1, 0.15) is 61.1 Å². The van der Waals surface area contributed by atoms with Gasteiger partial charge in [0.1, 0.15) is 0 Å². The molecule has 0 aliphatic rings. The molecular weight excluding hydrogens is 725 g/mol. The van der Waals surface area contributed by atoms with E-state index in [1.54, 1.807) is 0 Å². The molecule has 0 aliphatic heterocycles. The molecule has 0 N–H and O–H groups in total. The largest absolute Gasteiger partial charge is 0.247 e. The fraction of sp³-hybridized carbons (Fsp3) is 0.286. The summed E-state index contributed by atoms with van der Waals surface area (Å²) in [6.45, 7) is 17.8. The zero-order chi connectivity index (χ0) is 31.4. The van der Waals surface area contributed by atoms with Crippen molar-refractivity contribution in [1.82, 2.24) is 9.97 Å². The van der Waals surface area contributed by atoms with E-state index in [0.717, 1.165) is 35.3 Å². The number of para-hydroxylation sites is 2. The molecule has 2 nitrogen and oxygen atoms in total. The van der Waals surface area contributed by atoms with Gasteiger partial charge in [-0.2, -0.15) is 0 Å². The molecule has 4 aromatic carbocycles. The molecule has 233 valence electrons. The van der Waals surface area contributed by atoms with Crippen molar-refractivity contribution < 1.29 is 20.1 Å². The normalized spacial score (nSPS) is 11.1. The van der Waals surface area contributed by atoms with Gasteiger partial charge in [0.15, 0.2) is 0 Å². The van der Waals surface area contributed by atoms with E-state index in [9.17, 15) is 0 Å². The standard InChI is InChI=1S/2C21H23N.Ir/c2*1-14(2)12-18-13-17-9-5-6-11-20(17)22-21(18)19-10-7-8-15(3)16(19)4;/h2*5-11,13-14H,12H2,1-4H3;. The van der Waals surface area contributed by atoms with Gasteiger partial charge in [0.05, 0.1) is 22.4 Å². The fourth-order valence-electron chi connectivity index (χ4n) is 5.99. The maximum absolute atomic E-state index is 5.00. The summed E-state index contributed by atoms with van der Waals surface area (Å²) in [5.74, 6) is 1.23. The second-order valence-electron chi connectivity index (χ2n) is 13.1. The van der Waals surface area contributed by atoms with Crippen LogP contribution in [0.15, 0.2) is 97.1 Å². The van der Waals surface area contributed by atoms with Gasteiger partial charge in [-0.25, -0.2) is 9.97 Å². The summed E-state index contributed by atoms with van der Waals surface area (Å²) in [5.41, 5.74) is 15.0. The Hall–Kier alpha value is -3.65. The summed E-state index contributed by atoms with van der Waals surface area (Å²) < 4.78 is 0. The number of fused-ring (bicyclic) bond motifs is 2.